The molecule has 2 aromatic rings. The molecule has 0 bridgehead atoms. The van der Waals surface area contributed by atoms with Crippen molar-refractivity contribution < 1.29 is 39.8 Å². The van der Waals surface area contributed by atoms with Gasteiger partial charge < -0.3 is 35.0 Å². The van der Waals surface area contributed by atoms with Gasteiger partial charge in [0, 0.05) is 5.56 Å². The highest BCUT2D eigenvalue weighted by Gasteiger charge is 2.55. The van der Waals surface area contributed by atoms with E-state index in [9.17, 15) is 20.1 Å². The van der Waals surface area contributed by atoms with Gasteiger partial charge in [-0.05, 0) is 23.8 Å². The van der Waals surface area contributed by atoms with E-state index in [4.69, 9.17) is 19.7 Å². The molecule has 8 nitrogen and oxygen atoms in total. The van der Waals surface area contributed by atoms with Crippen LogP contribution < -0.4 is 0 Å². The van der Waals surface area contributed by atoms with Crippen molar-refractivity contribution in [1.82, 2.24) is 0 Å². The zero-order valence-electron chi connectivity index (χ0n) is 14.2. The van der Waals surface area contributed by atoms with Crippen LogP contribution in [0.2, 0.25) is 0 Å². The fraction of sp³-hybridized carbons (Fsp3) is 0.316. The van der Waals surface area contributed by atoms with Gasteiger partial charge in [-0.25, -0.2) is 4.79 Å². The molecule has 2 aliphatic rings. The Bertz CT molecular complexity index is 808. The summed E-state index contributed by atoms with van der Waals surface area (Å²) in [7, 11) is 0. The van der Waals surface area contributed by atoms with Crippen molar-refractivity contribution in [2.75, 3.05) is 6.61 Å². The summed E-state index contributed by atoms with van der Waals surface area (Å²) in [4.78, 5) is 10.8. The highest BCUT2D eigenvalue weighted by molar-refractivity contribution is 5.89. The highest BCUT2D eigenvalue weighted by Crippen LogP contribution is 2.35. The third-order valence-electron chi connectivity index (χ3n) is 4.36. The summed E-state index contributed by atoms with van der Waals surface area (Å²) in [6, 6.07) is 13.3. The standard InChI is InChI=1S/C13H10O3.C6H10O5/c14-12-7-2-1-6-11(12)9-4-3-5-10(8-9)13(15)16;7-1-2-3(8)4(9)5-6(10-2)11-5/h1-8,14H,(H,15,16);2-9H,1H2. The first kappa shape index (κ1) is 19.3. The van der Waals surface area contributed by atoms with Gasteiger partial charge >= 0.3 is 5.97 Å². The van der Waals surface area contributed by atoms with Gasteiger partial charge in [-0.3, -0.25) is 0 Å². The summed E-state index contributed by atoms with van der Waals surface area (Å²) in [5, 5.41) is 45.6. The van der Waals surface area contributed by atoms with Crippen LogP contribution in [0.15, 0.2) is 48.5 Å². The molecule has 2 aliphatic heterocycles. The third kappa shape index (κ3) is 4.26. The van der Waals surface area contributed by atoms with E-state index < -0.39 is 36.7 Å². The predicted octanol–water partition coefficient (Wildman–Crippen LogP) is 0.582. The average molecular weight is 376 g/mol. The van der Waals surface area contributed by atoms with Crippen LogP contribution in [0.4, 0.5) is 0 Å². The van der Waals surface area contributed by atoms with Crippen LogP contribution in [-0.4, -0.2) is 68.8 Å². The first-order valence-corrected chi connectivity index (χ1v) is 8.32. The lowest BCUT2D eigenvalue weighted by atomic mass is 10.0. The van der Waals surface area contributed by atoms with Gasteiger partial charge in [0.2, 0.25) is 0 Å². The Morgan fingerprint density at radius 1 is 1.00 bits per heavy atom. The molecule has 5 N–H and O–H groups in total. The minimum atomic E-state index is -1.04. The van der Waals surface area contributed by atoms with E-state index in [1.165, 1.54) is 12.1 Å². The number of hydrogen-bond acceptors (Lipinski definition) is 7. The number of aliphatic hydroxyl groups is 3. The van der Waals surface area contributed by atoms with Crippen molar-refractivity contribution in [3.63, 3.8) is 0 Å². The second-order valence-electron chi connectivity index (χ2n) is 6.21. The Kier molecular flexibility index (Phi) is 5.73. The first-order chi connectivity index (χ1) is 12.9. The zero-order valence-corrected chi connectivity index (χ0v) is 14.2. The minimum Gasteiger partial charge on any atom is -0.507 e. The highest BCUT2D eigenvalue weighted by atomic mass is 16.8. The number of epoxide rings is 1. The van der Waals surface area contributed by atoms with Crippen molar-refractivity contribution in [3.05, 3.63) is 54.1 Å². The maximum atomic E-state index is 10.8. The molecule has 0 aliphatic carbocycles. The molecule has 8 heteroatoms. The number of carboxylic acid groups (broad SMARTS) is 1. The van der Waals surface area contributed by atoms with Gasteiger partial charge in [-0.2, -0.15) is 0 Å². The summed E-state index contributed by atoms with van der Waals surface area (Å²) >= 11 is 0. The third-order valence-corrected chi connectivity index (χ3v) is 4.36. The summed E-state index contributed by atoms with van der Waals surface area (Å²) in [6.07, 6.45) is -3.50. The van der Waals surface area contributed by atoms with Gasteiger partial charge in [-0.15, -0.1) is 0 Å². The molecule has 2 heterocycles. The number of hydrogen-bond donors (Lipinski definition) is 5. The Balaban J connectivity index is 0.000000166. The second-order valence-corrected chi connectivity index (χ2v) is 6.21. The van der Waals surface area contributed by atoms with Crippen molar-refractivity contribution in [2.24, 2.45) is 0 Å². The largest absolute Gasteiger partial charge is 0.507 e. The number of phenolic OH excluding ortho intramolecular Hbond substituents is 1. The van der Waals surface area contributed by atoms with Crippen LogP contribution in [0, 0.1) is 0 Å². The van der Waals surface area contributed by atoms with Gasteiger partial charge in [0.25, 0.3) is 0 Å². The fourth-order valence-electron chi connectivity index (χ4n) is 2.82. The van der Waals surface area contributed by atoms with Crippen LogP contribution in [0.5, 0.6) is 5.75 Å². The van der Waals surface area contributed by atoms with E-state index in [0.29, 0.717) is 11.1 Å². The summed E-state index contributed by atoms with van der Waals surface area (Å²) in [5.74, 6) is -0.831. The number of fused-ring (bicyclic) bond motifs is 1. The lowest BCUT2D eigenvalue weighted by molar-refractivity contribution is -0.144. The lowest BCUT2D eigenvalue weighted by Crippen LogP contribution is -2.48. The average Bonchev–Trinajstić information content (AvgIpc) is 3.45. The molecule has 27 heavy (non-hydrogen) atoms. The molecule has 0 spiro atoms. The summed E-state index contributed by atoms with van der Waals surface area (Å²) in [6.45, 7) is -0.301. The zero-order chi connectivity index (χ0) is 19.6. The quantitative estimate of drug-likeness (QED) is 0.490. The van der Waals surface area contributed by atoms with E-state index in [1.54, 1.807) is 36.4 Å². The molecule has 5 unspecified atom stereocenters. The Hall–Kier alpha value is -2.49. The molecule has 2 aromatic carbocycles. The number of phenols is 1. The fourth-order valence-corrected chi connectivity index (χ4v) is 2.82. The minimum absolute atomic E-state index is 0.144. The van der Waals surface area contributed by atoms with E-state index in [0.717, 1.165) is 0 Å². The topological polar surface area (TPSA) is 140 Å². The number of ether oxygens (including phenoxy) is 2. The molecule has 0 aromatic heterocycles. The van der Waals surface area contributed by atoms with Crippen LogP contribution in [0.1, 0.15) is 10.4 Å². The number of carbonyl (C=O) groups is 1. The van der Waals surface area contributed by atoms with Crippen molar-refractivity contribution in [3.8, 4) is 16.9 Å². The molecule has 0 amide bonds. The van der Waals surface area contributed by atoms with E-state index >= 15 is 0 Å². The maximum Gasteiger partial charge on any atom is 0.335 e. The van der Waals surface area contributed by atoms with Crippen molar-refractivity contribution in [1.29, 1.82) is 0 Å². The smallest absolute Gasteiger partial charge is 0.335 e. The Morgan fingerprint density at radius 3 is 2.41 bits per heavy atom. The van der Waals surface area contributed by atoms with Crippen LogP contribution >= 0.6 is 0 Å². The second kappa shape index (κ2) is 8.03. The van der Waals surface area contributed by atoms with Gasteiger partial charge in [0.1, 0.15) is 30.2 Å². The predicted molar refractivity (Wildman–Crippen MR) is 93.1 cm³/mol. The lowest BCUT2D eigenvalue weighted by Gasteiger charge is -2.27. The molecular formula is C19H20O8. The molecule has 4 rings (SSSR count). The summed E-state index contributed by atoms with van der Waals surface area (Å²) in [5.41, 5.74) is 1.53. The molecule has 0 radical (unpaired) electrons. The number of carboxylic acids is 1. The van der Waals surface area contributed by atoms with E-state index in [2.05, 4.69) is 0 Å². The Labute approximate surface area is 154 Å². The van der Waals surface area contributed by atoms with Gasteiger partial charge in [0.05, 0.1) is 12.2 Å². The molecule has 5 atom stereocenters. The van der Waals surface area contributed by atoms with E-state index in [-0.39, 0.29) is 17.9 Å². The number of aromatic carboxylic acids is 1. The van der Waals surface area contributed by atoms with Crippen LogP contribution in [0.25, 0.3) is 11.1 Å². The number of benzene rings is 2. The van der Waals surface area contributed by atoms with Crippen LogP contribution in [0.3, 0.4) is 0 Å². The van der Waals surface area contributed by atoms with Gasteiger partial charge in [-0.1, -0.05) is 30.3 Å². The Morgan fingerprint density at radius 2 is 1.74 bits per heavy atom. The van der Waals surface area contributed by atoms with Crippen molar-refractivity contribution >= 4 is 5.97 Å². The number of aliphatic hydroxyl groups excluding tert-OH is 3. The SMILES string of the molecule is O=C(O)c1cccc(-c2ccccc2O)c1.OCC1OC2OC2C(O)C1O. The molecular weight excluding hydrogens is 356 g/mol. The van der Waals surface area contributed by atoms with Gasteiger partial charge in [0.15, 0.2) is 6.29 Å². The number of para-hydroxylation sites is 1. The number of rotatable bonds is 3. The molecule has 2 fully saturated rings. The maximum absolute atomic E-state index is 10.8. The monoisotopic (exact) mass is 376 g/mol. The summed E-state index contributed by atoms with van der Waals surface area (Å²) < 4.78 is 9.86. The first-order valence-electron chi connectivity index (χ1n) is 8.32. The molecule has 2 saturated heterocycles. The normalized spacial score (nSPS) is 28.5. The number of aromatic hydroxyl groups is 1. The molecule has 144 valence electrons. The molecule has 0 saturated carbocycles. The van der Waals surface area contributed by atoms with Crippen molar-refractivity contribution in [2.45, 2.75) is 30.7 Å². The van der Waals surface area contributed by atoms with Crippen LogP contribution in [-0.2, 0) is 9.47 Å². The van der Waals surface area contributed by atoms with E-state index in [1.807, 2.05) is 0 Å².